The van der Waals surface area contributed by atoms with Gasteiger partial charge in [-0.25, -0.2) is 18.7 Å². The molecule has 0 aliphatic rings. The predicted octanol–water partition coefficient (Wildman–Crippen LogP) is 2.93. The minimum atomic E-state index is -0.492. The molecule has 0 bridgehead atoms. The second-order valence-corrected chi connectivity index (χ2v) is 3.65. The molecule has 0 aliphatic carbocycles. The van der Waals surface area contributed by atoms with Crippen molar-refractivity contribution in [1.82, 2.24) is 9.97 Å². The highest BCUT2D eigenvalue weighted by Gasteiger charge is 2.07. The van der Waals surface area contributed by atoms with Crippen molar-refractivity contribution in [2.75, 3.05) is 5.32 Å². The lowest BCUT2D eigenvalue weighted by Gasteiger charge is -2.13. The monoisotopic (exact) mass is 235 g/mol. The van der Waals surface area contributed by atoms with Gasteiger partial charge in [-0.1, -0.05) is 12.1 Å². The van der Waals surface area contributed by atoms with Crippen molar-refractivity contribution in [3.8, 4) is 0 Å². The second kappa shape index (κ2) is 4.86. The van der Waals surface area contributed by atoms with Gasteiger partial charge in [0.15, 0.2) is 5.82 Å². The van der Waals surface area contributed by atoms with E-state index in [0.29, 0.717) is 5.95 Å². The van der Waals surface area contributed by atoms with Gasteiger partial charge >= 0.3 is 0 Å². The lowest BCUT2D eigenvalue weighted by atomic mass is 10.1. The molecule has 1 aromatic carbocycles. The molecule has 1 N–H and O–H groups in total. The number of nitrogens with zero attached hydrogens (tertiary/aromatic N) is 2. The fraction of sp³-hybridized carbons (Fsp3) is 0.167. The fourth-order valence-corrected chi connectivity index (χ4v) is 1.44. The Morgan fingerprint density at radius 3 is 2.47 bits per heavy atom. The molecular weight excluding hydrogens is 224 g/mol. The number of benzene rings is 1. The second-order valence-electron chi connectivity index (χ2n) is 3.65. The van der Waals surface area contributed by atoms with E-state index < -0.39 is 5.82 Å². The van der Waals surface area contributed by atoms with E-state index in [1.54, 1.807) is 12.1 Å². The molecule has 1 aromatic heterocycles. The van der Waals surface area contributed by atoms with Crippen molar-refractivity contribution in [1.29, 1.82) is 0 Å². The van der Waals surface area contributed by atoms with Crippen molar-refractivity contribution < 1.29 is 8.78 Å². The summed E-state index contributed by atoms with van der Waals surface area (Å²) in [5, 5.41) is 2.96. The van der Waals surface area contributed by atoms with Gasteiger partial charge in [-0.2, -0.15) is 0 Å². The Hall–Kier alpha value is -2.04. The summed E-state index contributed by atoms with van der Waals surface area (Å²) in [6.07, 6.45) is 2.15. The van der Waals surface area contributed by atoms with E-state index in [9.17, 15) is 8.78 Å². The van der Waals surface area contributed by atoms with Crippen LogP contribution in [0.2, 0.25) is 0 Å². The molecule has 1 unspecified atom stereocenters. The van der Waals surface area contributed by atoms with Crippen LogP contribution in [0.1, 0.15) is 18.5 Å². The largest absolute Gasteiger partial charge is 0.348 e. The van der Waals surface area contributed by atoms with Crippen molar-refractivity contribution in [3.05, 3.63) is 53.9 Å². The average molecular weight is 235 g/mol. The molecule has 1 atom stereocenters. The number of rotatable bonds is 3. The lowest BCUT2D eigenvalue weighted by Crippen LogP contribution is -2.09. The van der Waals surface area contributed by atoms with Crippen LogP contribution in [0, 0.1) is 11.6 Å². The standard InChI is InChI=1S/C12H11F2N3/c1-8(9-3-2-4-10(13)5-9)17-12-15-6-11(14)7-16-12/h2-8H,1H3,(H,15,16,17). The Morgan fingerprint density at radius 2 is 1.82 bits per heavy atom. The molecule has 0 amide bonds. The third-order valence-electron chi connectivity index (χ3n) is 2.31. The molecule has 3 nitrogen and oxygen atoms in total. The minimum Gasteiger partial charge on any atom is -0.348 e. The summed E-state index contributed by atoms with van der Waals surface area (Å²) in [7, 11) is 0. The van der Waals surface area contributed by atoms with E-state index in [-0.39, 0.29) is 11.9 Å². The Labute approximate surface area is 97.5 Å². The first kappa shape index (κ1) is 11.4. The van der Waals surface area contributed by atoms with Gasteiger partial charge in [0.2, 0.25) is 5.95 Å². The molecule has 2 rings (SSSR count). The van der Waals surface area contributed by atoms with Crippen LogP contribution >= 0.6 is 0 Å². The average Bonchev–Trinajstić information content (AvgIpc) is 2.32. The zero-order valence-corrected chi connectivity index (χ0v) is 9.19. The number of nitrogens with one attached hydrogen (secondary N) is 1. The van der Waals surface area contributed by atoms with Gasteiger partial charge in [0.05, 0.1) is 18.4 Å². The van der Waals surface area contributed by atoms with Gasteiger partial charge in [0, 0.05) is 0 Å². The van der Waals surface area contributed by atoms with E-state index in [0.717, 1.165) is 18.0 Å². The topological polar surface area (TPSA) is 37.8 Å². The first-order valence-electron chi connectivity index (χ1n) is 5.14. The molecule has 0 aliphatic heterocycles. The third-order valence-corrected chi connectivity index (χ3v) is 2.31. The van der Waals surface area contributed by atoms with Crippen LogP contribution in [0.5, 0.6) is 0 Å². The highest BCUT2D eigenvalue weighted by molar-refractivity contribution is 5.30. The summed E-state index contributed by atoms with van der Waals surface area (Å²) in [5.74, 6) is -0.478. The molecule has 17 heavy (non-hydrogen) atoms. The van der Waals surface area contributed by atoms with Gasteiger partial charge in [-0.15, -0.1) is 0 Å². The van der Waals surface area contributed by atoms with Crippen LogP contribution in [-0.2, 0) is 0 Å². The molecule has 0 fully saturated rings. The first-order chi connectivity index (χ1) is 8.15. The summed E-state index contributed by atoms with van der Waals surface area (Å²) in [6.45, 7) is 1.85. The maximum atomic E-state index is 13.0. The fourth-order valence-electron chi connectivity index (χ4n) is 1.44. The molecule has 2 aromatic rings. The van der Waals surface area contributed by atoms with Crippen LogP contribution in [0.3, 0.4) is 0 Å². The van der Waals surface area contributed by atoms with Crippen LogP contribution in [0.15, 0.2) is 36.7 Å². The summed E-state index contributed by atoms with van der Waals surface area (Å²) in [5.41, 5.74) is 0.776. The number of anilines is 1. The maximum Gasteiger partial charge on any atom is 0.223 e. The molecular formula is C12H11F2N3. The normalized spacial score (nSPS) is 12.2. The first-order valence-corrected chi connectivity index (χ1v) is 5.14. The summed E-state index contributed by atoms with van der Waals surface area (Å²) in [4.78, 5) is 7.55. The van der Waals surface area contributed by atoms with E-state index in [1.165, 1.54) is 12.1 Å². The smallest absolute Gasteiger partial charge is 0.223 e. The van der Waals surface area contributed by atoms with E-state index in [2.05, 4.69) is 15.3 Å². The number of hydrogen-bond acceptors (Lipinski definition) is 3. The zero-order valence-electron chi connectivity index (χ0n) is 9.19. The zero-order chi connectivity index (χ0) is 12.3. The van der Waals surface area contributed by atoms with E-state index in [4.69, 9.17) is 0 Å². The van der Waals surface area contributed by atoms with Gasteiger partial charge in [-0.05, 0) is 24.6 Å². The van der Waals surface area contributed by atoms with Gasteiger partial charge in [0.25, 0.3) is 0 Å². The van der Waals surface area contributed by atoms with Gasteiger partial charge in [0.1, 0.15) is 5.82 Å². The van der Waals surface area contributed by atoms with E-state index >= 15 is 0 Å². The Balaban J connectivity index is 2.11. The number of aromatic nitrogens is 2. The third kappa shape index (κ3) is 2.96. The maximum absolute atomic E-state index is 13.0. The van der Waals surface area contributed by atoms with Crippen LogP contribution in [-0.4, -0.2) is 9.97 Å². The van der Waals surface area contributed by atoms with E-state index in [1.807, 2.05) is 6.92 Å². The summed E-state index contributed by atoms with van der Waals surface area (Å²) in [6, 6.07) is 6.08. The van der Waals surface area contributed by atoms with Crippen LogP contribution in [0.4, 0.5) is 14.7 Å². The molecule has 1 heterocycles. The van der Waals surface area contributed by atoms with Crippen molar-refractivity contribution in [2.24, 2.45) is 0 Å². The Morgan fingerprint density at radius 1 is 1.12 bits per heavy atom. The van der Waals surface area contributed by atoms with Crippen molar-refractivity contribution in [2.45, 2.75) is 13.0 Å². The molecule has 5 heteroatoms. The van der Waals surface area contributed by atoms with Crippen molar-refractivity contribution >= 4 is 5.95 Å². The Bertz CT molecular complexity index is 499. The number of halogens is 2. The predicted molar refractivity (Wildman–Crippen MR) is 60.4 cm³/mol. The van der Waals surface area contributed by atoms with Crippen LogP contribution < -0.4 is 5.32 Å². The molecule has 0 spiro atoms. The minimum absolute atomic E-state index is 0.156. The highest BCUT2D eigenvalue weighted by atomic mass is 19.1. The molecule has 0 radical (unpaired) electrons. The Kier molecular flexibility index (Phi) is 3.27. The molecule has 0 saturated carbocycles. The SMILES string of the molecule is CC(Nc1ncc(F)cn1)c1cccc(F)c1. The van der Waals surface area contributed by atoms with Gasteiger partial charge in [-0.3, -0.25) is 0 Å². The van der Waals surface area contributed by atoms with Gasteiger partial charge < -0.3 is 5.32 Å². The van der Waals surface area contributed by atoms with Crippen LogP contribution in [0.25, 0.3) is 0 Å². The quantitative estimate of drug-likeness (QED) is 0.888. The number of hydrogen-bond donors (Lipinski definition) is 1. The highest BCUT2D eigenvalue weighted by Crippen LogP contribution is 2.17. The lowest BCUT2D eigenvalue weighted by molar-refractivity contribution is 0.613. The molecule has 0 saturated heterocycles. The summed E-state index contributed by atoms with van der Waals surface area (Å²) < 4.78 is 25.6. The summed E-state index contributed by atoms with van der Waals surface area (Å²) >= 11 is 0. The van der Waals surface area contributed by atoms with Crippen molar-refractivity contribution in [3.63, 3.8) is 0 Å². The molecule has 88 valence electrons.